The number of hydrogen-bond donors (Lipinski definition) is 2. The Bertz CT molecular complexity index is 708. The zero-order chi connectivity index (χ0) is 17.6. The van der Waals surface area contributed by atoms with Gasteiger partial charge in [-0.3, -0.25) is 0 Å². The van der Waals surface area contributed by atoms with Crippen molar-refractivity contribution in [1.29, 1.82) is 0 Å². The number of nitrogens with one attached hydrogen (secondary N) is 2. The monoisotopic (exact) mass is 410 g/mol. The summed E-state index contributed by atoms with van der Waals surface area (Å²) in [6.45, 7) is 4.05. The van der Waals surface area contributed by atoms with Gasteiger partial charge in [0.25, 0.3) is 6.43 Å². The Balaban J connectivity index is 1.57. The molecule has 0 unspecified atom stereocenters. The Morgan fingerprint density at radius 2 is 2.04 bits per heavy atom. The van der Waals surface area contributed by atoms with E-state index in [0.717, 1.165) is 31.7 Å². The van der Waals surface area contributed by atoms with Crippen LogP contribution in [0.25, 0.3) is 0 Å². The van der Waals surface area contributed by atoms with E-state index >= 15 is 0 Å². The van der Waals surface area contributed by atoms with E-state index in [1.807, 2.05) is 24.3 Å². The Hall–Kier alpha value is -1.50. The highest BCUT2D eigenvalue weighted by molar-refractivity contribution is 9.10. The van der Waals surface area contributed by atoms with Crippen LogP contribution < -0.4 is 15.4 Å². The van der Waals surface area contributed by atoms with Crippen molar-refractivity contribution in [3.8, 4) is 5.75 Å². The van der Waals surface area contributed by atoms with Crippen molar-refractivity contribution in [2.45, 2.75) is 19.6 Å². The minimum Gasteiger partial charge on any atom is -0.489 e. The molecular formula is C19H21BrF2N2O. The summed E-state index contributed by atoms with van der Waals surface area (Å²) >= 11 is 3.23. The zero-order valence-corrected chi connectivity index (χ0v) is 15.4. The molecule has 2 aromatic rings. The minimum atomic E-state index is -2.52. The normalized spacial score (nSPS) is 14.6. The van der Waals surface area contributed by atoms with Crippen LogP contribution >= 0.6 is 15.9 Å². The van der Waals surface area contributed by atoms with Gasteiger partial charge in [0.05, 0.1) is 0 Å². The fraction of sp³-hybridized carbons (Fsp3) is 0.368. The second-order valence-electron chi connectivity index (χ2n) is 6.24. The largest absolute Gasteiger partial charge is 0.489 e. The summed E-state index contributed by atoms with van der Waals surface area (Å²) in [5, 5.41) is 6.69. The smallest absolute Gasteiger partial charge is 0.264 e. The predicted octanol–water partition coefficient (Wildman–Crippen LogP) is 4.27. The topological polar surface area (TPSA) is 33.3 Å². The molecular weight excluding hydrogens is 390 g/mol. The van der Waals surface area contributed by atoms with Gasteiger partial charge in [-0.1, -0.05) is 34.1 Å². The van der Waals surface area contributed by atoms with Crippen molar-refractivity contribution in [1.82, 2.24) is 10.6 Å². The van der Waals surface area contributed by atoms with Crippen molar-refractivity contribution in [2.24, 2.45) is 5.92 Å². The van der Waals surface area contributed by atoms with E-state index in [1.54, 1.807) is 12.1 Å². The molecule has 3 nitrogen and oxygen atoms in total. The predicted molar refractivity (Wildman–Crippen MR) is 97.9 cm³/mol. The Kier molecular flexibility index (Phi) is 6.39. The highest BCUT2D eigenvalue weighted by atomic mass is 79.9. The molecule has 25 heavy (non-hydrogen) atoms. The summed E-state index contributed by atoms with van der Waals surface area (Å²) < 4.78 is 32.7. The maximum atomic E-state index is 13.1. The van der Waals surface area contributed by atoms with E-state index in [9.17, 15) is 8.78 Å². The SMILES string of the molecule is FC(F)c1cc(Br)ccc1COc1cccc(CNCC2CNC2)c1. The summed E-state index contributed by atoms with van der Waals surface area (Å²) in [5.41, 5.74) is 1.62. The highest BCUT2D eigenvalue weighted by Gasteiger charge is 2.16. The van der Waals surface area contributed by atoms with E-state index in [0.29, 0.717) is 21.7 Å². The average Bonchev–Trinajstić information content (AvgIpc) is 2.56. The number of alkyl halides is 2. The van der Waals surface area contributed by atoms with Crippen molar-refractivity contribution in [2.75, 3.05) is 19.6 Å². The highest BCUT2D eigenvalue weighted by Crippen LogP contribution is 2.27. The molecule has 0 radical (unpaired) electrons. The third-order valence-electron chi connectivity index (χ3n) is 4.26. The van der Waals surface area contributed by atoms with E-state index in [4.69, 9.17) is 4.74 Å². The molecule has 0 amide bonds. The van der Waals surface area contributed by atoms with Crippen LogP contribution in [-0.4, -0.2) is 19.6 Å². The molecule has 1 fully saturated rings. The molecule has 2 N–H and O–H groups in total. The molecule has 1 aliphatic heterocycles. The van der Waals surface area contributed by atoms with Gasteiger partial charge in [-0.05, 0) is 41.3 Å². The average molecular weight is 411 g/mol. The molecule has 1 aliphatic rings. The van der Waals surface area contributed by atoms with Gasteiger partial charge in [-0.2, -0.15) is 0 Å². The fourth-order valence-corrected chi connectivity index (χ4v) is 3.10. The third kappa shape index (κ3) is 5.23. The second kappa shape index (κ2) is 8.74. The standard InChI is InChI=1S/C19H21BrF2N2O/c20-16-5-4-15(18(7-16)19(21)22)12-25-17-3-1-2-13(6-17)8-23-9-14-10-24-11-14/h1-7,14,19,23-24H,8-12H2. The summed E-state index contributed by atoms with van der Waals surface area (Å²) in [6.07, 6.45) is -2.52. The molecule has 6 heteroatoms. The molecule has 0 spiro atoms. The zero-order valence-electron chi connectivity index (χ0n) is 13.8. The fourth-order valence-electron chi connectivity index (χ4n) is 2.72. The maximum Gasteiger partial charge on any atom is 0.264 e. The van der Waals surface area contributed by atoms with Gasteiger partial charge in [0.2, 0.25) is 0 Å². The van der Waals surface area contributed by atoms with E-state index in [-0.39, 0.29) is 12.2 Å². The van der Waals surface area contributed by atoms with Gasteiger partial charge in [0, 0.05) is 36.2 Å². The molecule has 0 saturated carbocycles. The lowest BCUT2D eigenvalue weighted by molar-refractivity contribution is 0.148. The first kappa shape index (κ1) is 18.3. The summed E-state index contributed by atoms with van der Waals surface area (Å²) in [5.74, 6) is 1.40. The van der Waals surface area contributed by atoms with Gasteiger partial charge < -0.3 is 15.4 Å². The third-order valence-corrected chi connectivity index (χ3v) is 4.76. The van der Waals surface area contributed by atoms with Crippen LogP contribution in [0.3, 0.4) is 0 Å². The summed E-state index contributed by atoms with van der Waals surface area (Å²) in [6, 6.07) is 12.6. The number of benzene rings is 2. The molecule has 3 rings (SSSR count). The lowest BCUT2D eigenvalue weighted by Crippen LogP contribution is -2.47. The first-order valence-corrected chi connectivity index (χ1v) is 9.11. The molecule has 1 saturated heterocycles. The molecule has 134 valence electrons. The van der Waals surface area contributed by atoms with Crippen LogP contribution in [-0.2, 0) is 13.2 Å². The maximum absolute atomic E-state index is 13.1. The number of halogens is 3. The lowest BCUT2D eigenvalue weighted by atomic mass is 10.0. The van der Waals surface area contributed by atoms with Crippen LogP contribution in [0, 0.1) is 5.92 Å². The van der Waals surface area contributed by atoms with Crippen LogP contribution in [0.5, 0.6) is 5.75 Å². The second-order valence-corrected chi connectivity index (χ2v) is 7.15. The van der Waals surface area contributed by atoms with Gasteiger partial charge in [-0.15, -0.1) is 0 Å². The Morgan fingerprint density at radius 3 is 2.76 bits per heavy atom. The molecule has 0 aromatic heterocycles. The van der Waals surface area contributed by atoms with Crippen LogP contribution in [0.4, 0.5) is 8.78 Å². The van der Waals surface area contributed by atoms with E-state index < -0.39 is 6.43 Å². The first-order valence-electron chi connectivity index (χ1n) is 8.31. The molecule has 0 aliphatic carbocycles. The molecule has 1 heterocycles. The number of ether oxygens (including phenoxy) is 1. The number of rotatable bonds is 8. The summed E-state index contributed by atoms with van der Waals surface area (Å²) in [4.78, 5) is 0. The van der Waals surface area contributed by atoms with Crippen molar-refractivity contribution in [3.63, 3.8) is 0 Å². The van der Waals surface area contributed by atoms with Gasteiger partial charge in [0.1, 0.15) is 12.4 Å². The van der Waals surface area contributed by atoms with Crippen LogP contribution in [0.1, 0.15) is 23.1 Å². The van der Waals surface area contributed by atoms with Gasteiger partial charge in [0.15, 0.2) is 0 Å². The van der Waals surface area contributed by atoms with Crippen molar-refractivity contribution >= 4 is 15.9 Å². The van der Waals surface area contributed by atoms with Crippen LogP contribution in [0.15, 0.2) is 46.9 Å². The Labute approximate surface area is 154 Å². The van der Waals surface area contributed by atoms with Gasteiger partial charge >= 0.3 is 0 Å². The molecule has 0 atom stereocenters. The van der Waals surface area contributed by atoms with Gasteiger partial charge in [-0.25, -0.2) is 8.78 Å². The number of hydrogen-bond acceptors (Lipinski definition) is 3. The van der Waals surface area contributed by atoms with Crippen LogP contribution in [0.2, 0.25) is 0 Å². The molecule has 2 aromatic carbocycles. The summed E-state index contributed by atoms with van der Waals surface area (Å²) in [7, 11) is 0. The van der Waals surface area contributed by atoms with Crippen molar-refractivity contribution in [3.05, 3.63) is 63.6 Å². The van der Waals surface area contributed by atoms with E-state index in [2.05, 4.69) is 26.6 Å². The quantitative estimate of drug-likeness (QED) is 0.681. The Morgan fingerprint density at radius 1 is 1.20 bits per heavy atom. The lowest BCUT2D eigenvalue weighted by Gasteiger charge is -2.27. The molecule has 0 bridgehead atoms. The van der Waals surface area contributed by atoms with E-state index in [1.165, 1.54) is 6.07 Å². The van der Waals surface area contributed by atoms with Crippen molar-refractivity contribution < 1.29 is 13.5 Å². The first-order chi connectivity index (χ1) is 12.1. The minimum absolute atomic E-state index is 0.00121.